The van der Waals surface area contributed by atoms with Crippen molar-refractivity contribution in [1.82, 2.24) is 19.8 Å². The zero-order valence-electron chi connectivity index (χ0n) is 11.1. The van der Waals surface area contributed by atoms with Crippen LogP contribution in [-0.2, 0) is 4.74 Å². The van der Waals surface area contributed by atoms with Gasteiger partial charge in [-0.25, -0.2) is 9.78 Å². The molecule has 7 nitrogen and oxygen atoms in total. The molecule has 0 spiro atoms. The summed E-state index contributed by atoms with van der Waals surface area (Å²) in [6.45, 7) is 2.38. The Morgan fingerprint density at radius 3 is 2.65 bits per heavy atom. The van der Waals surface area contributed by atoms with Crippen LogP contribution in [0, 0.1) is 0 Å². The molecule has 2 aliphatic heterocycles. The van der Waals surface area contributed by atoms with E-state index in [2.05, 4.69) is 9.97 Å². The second kappa shape index (κ2) is 5.44. The van der Waals surface area contributed by atoms with Crippen LogP contribution in [0.5, 0.6) is 0 Å². The van der Waals surface area contributed by atoms with Crippen LogP contribution in [-0.4, -0.2) is 64.1 Å². The molecule has 20 heavy (non-hydrogen) atoms. The van der Waals surface area contributed by atoms with E-state index in [0.29, 0.717) is 31.9 Å². The minimum atomic E-state index is -0.233. The molecule has 2 fully saturated rings. The normalized spacial score (nSPS) is 20.1. The number of carbonyl (C=O) groups excluding carboxylic acids is 2. The smallest absolute Gasteiger partial charge is 0.410 e. The highest BCUT2D eigenvalue weighted by atomic mass is 16.6. The molecule has 2 aliphatic rings. The van der Waals surface area contributed by atoms with Crippen LogP contribution in [0.25, 0.3) is 0 Å². The molecule has 0 unspecified atom stereocenters. The third-order valence-corrected chi connectivity index (χ3v) is 3.77. The summed E-state index contributed by atoms with van der Waals surface area (Å²) in [6.07, 6.45) is 5.86. The van der Waals surface area contributed by atoms with E-state index in [-0.39, 0.29) is 18.0 Å². The molecule has 106 valence electrons. The Hall–Kier alpha value is -2.18. The van der Waals surface area contributed by atoms with Crippen molar-refractivity contribution >= 4 is 12.0 Å². The van der Waals surface area contributed by atoms with Gasteiger partial charge in [0.2, 0.25) is 0 Å². The van der Waals surface area contributed by atoms with Gasteiger partial charge in [-0.1, -0.05) is 0 Å². The van der Waals surface area contributed by atoms with E-state index in [9.17, 15) is 9.59 Å². The number of hydrogen-bond acceptors (Lipinski definition) is 5. The second-order valence-corrected chi connectivity index (χ2v) is 4.92. The number of nitrogens with zero attached hydrogens (tertiary/aromatic N) is 4. The summed E-state index contributed by atoms with van der Waals surface area (Å²) < 4.78 is 4.95. The van der Waals surface area contributed by atoms with Gasteiger partial charge in [-0.3, -0.25) is 9.78 Å². The number of ether oxygens (including phenoxy) is 1. The van der Waals surface area contributed by atoms with E-state index < -0.39 is 0 Å². The molecule has 3 heterocycles. The number of cyclic esters (lactones) is 1. The highest BCUT2D eigenvalue weighted by Crippen LogP contribution is 2.20. The summed E-state index contributed by atoms with van der Waals surface area (Å²) in [5, 5.41) is 0. The van der Waals surface area contributed by atoms with E-state index in [4.69, 9.17) is 4.74 Å². The number of rotatable bonds is 2. The quantitative estimate of drug-likeness (QED) is 0.787. The second-order valence-electron chi connectivity index (χ2n) is 4.92. The van der Waals surface area contributed by atoms with Gasteiger partial charge in [0.05, 0.1) is 12.7 Å². The van der Waals surface area contributed by atoms with Crippen molar-refractivity contribution in [3.05, 3.63) is 24.3 Å². The van der Waals surface area contributed by atoms with Crippen LogP contribution in [0.1, 0.15) is 23.3 Å². The Morgan fingerprint density at radius 1 is 1.25 bits per heavy atom. The summed E-state index contributed by atoms with van der Waals surface area (Å²) in [4.78, 5) is 35.2. The first kappa shape index (κ1) is 12.8. The molecule has 1 aromatic rings. The lowest BCUT2D eigenvalue weighted by molar-refractivity contribution is 0.0652. The van der Waals surface area contributed by atoms with E-state index in [1.165, 1.54) is 12.4 Å². The van der Waals surface area contributed by atoms with E-state index in [1.807, 2.05) is 0 Å². The van der Waals surface area contributed by atoms with Gasteiger partial charge < -0.3 is 14.5 Å². The molecule has 0 aliphatic carbocycles. The van der Waals surface area contributed by atoms with Crippen LogP contribution in [0.4, 0.5) is 4.79 Å². The molecule has 0 bridgehead atoms. The van der Waals surface area contributed by atoms with Gasteiger partial charge in [-0.2, -0.15) is 0 Å². The van der Waals surface area contributed by atoms with Crippen molar-refractivity contribution in [2.45, 2.75) is 18.9 Å². The average Bonchev–Trinajstić information content (AvgIpc) is 2.94. The summed E-state index contributed by atoms with van der Waals surface area (Å²) in [6, 6.07) is 0.177. The van der Waals surface area contributed by atoms with Crippen LogP contribution < -0.4 is 0 Å². The number of hydrogen-bond donors (Lipinski definition) is 0. The molecular weight excluding hydrogens is 260 g/mol. The molecule has 1 aromatic heterocycles. The van der Waals surface area contributed by atoms with Crippen LogP contribution in [0.2, 0.25) is 0 Å². The summed E-state index contributed by atoms with van der Waals surface area (Å²) in [7, 11) is 0. The van der Waals surface area contributed by atoms with Crippen molar-refractivity contribution in [2.24, 2.45) is 0 Å². The van der Waals surface area contributed by atoms with Crippen LogP contribution in [0.3, 0.4) is 0 Å². The molecule has 7 heteroatoms. The third kappa shape index (κ3) is 2.43. The Balaban J connectivity index is 1.58. The summed E-state index contributed by atoms with van der Waals surface area (Å²) in [5.74, 6) is -0.0967. The molecule has 0 atom stereocenters. The Morgan fingerprint density at radius 2 is 2.05 bits per heavy atom. The number of piperidine rings is 1. The number of carbonyl (C=O) groups is 2. The summed E-state index contributed by atoms with van der Waals surface area (Å²) in [5.41, 5.74) is 0.367. The molecule has 3 rings (SSSR count). The van der Waals surface area contributed by atoms with Gasteiger partial charge in [0.1, 0.15) is 12.3 Å². The Kier molecular flexibility index (Phi) is 3.49. The largest absolute Gasteiger partial charge is 0.448 e. The zero-order chi connectivity index (χ0) is 13.9. The fourth-order valence-electron chi connectivity index (χ4n) is 2.69. The predicted molar refractivity (Wildman–Crippen MR) is 69.0 cm³/mol. The third-order valence-electron chi connectivity index (χ3n) is 3.77. The van der Waals surface area contributed by atoms with Crippen LogP contribution >= 0.6 is 0 Å². The van der Waals surface area contributed by atoms with Gasteiger partial charge >= 0.3 is 6.09 Å². The first-order valence-corrected chi connectivity index (χ1v) is 6.74. The summed E-state index contributed by atoms with van der Waals surface area (Å²) >= 11 is 0. The molecule has 0 radical (unpaired) electrons. The van der Waals surface area contributed by atoms with Gasteiger partial charge in [-0.05, 0) is 12.8 Å². The topological polar surface area (TPSA) is 75.6 Å². The van der Waals surface area contributed by atoms with Gasteiger partial charge in [0, 0.05) is 31.5 Å². The van der Waals surface area contributed by atoms with E-state index in [0.717, 1.165) is 12.8 Å². The van der Waals surface area contributed by atoms with Crippen molar-refractivity contribution in [3.63, 3.8) is 0 Å². The fourth-order valence-corrected chi connectivity index (χ4v) is 2.69. The lowest BCUT2D eigenvalue weighted by atomic mass is 10.0. The highest BCUT2D eigenvalue weighted by Gasteiger charge is 2.33. The molecular formula is C13H16N4O3. The van der Waals surface area contributed by atoms with Crippen molar-refractivity contribution in [1.29, 1.82) is 0 Å². The highest BCUT2D eigenvalue weighted by molar-refractivity contribution is 5.92. The maximum Gasteiger partial charge on any atom is 0.410 e. The Bertz CT molecular complexity index is 500. The standard InChI is InChI=1S/C13H16N4O3/c18-12(11-9-14-3-4-15-11)16-5-1-10(2-6-16)17-7-8-20-13(17)19/h3-4,9-10H,1-2,5-8H2. The maximum atomic E-state index is 12.2. The zero-order valence-corrected chi connectivity index (χ0v) is 11.1. The number of amides is 2. The molecule has 0 aromatic carbocycles. The lowest BCUT2D eigenvalue weighted by Gasteiger charge is -2.35. The lowest BCUT2D eigenvalue weighted by Crippen LogP contribution is -2.47. The molecule has 0 saturated carbocycles. The monoisotopic (exact) mass is 276 g/mol. The molecule has 2 amide bonds. The number of likely N-dealkylation sites (tertiary alicyclic amines) is 1. The van der Waals surface area contributed by atoms with Crippen molar-refractivity contribution in [3.8, 4) is 0 Å². The van der Waals surface area contributed by atoms with Gasteiger partial charge in [-0.15, -0.1) is 0 Å². The SMILES string of the molecule is O=C(c1cnccn1)N1CCC(N2CCOC2=O)CC1. The minimum Gasteiger partial charge on any atom is -0.448 e. The van der Waals surface area contributed by atoms with Gasteiger partial charge in [0.25, 0.3) is 5.91 Å². The fraction of sp³-hybridized carbons (Fsp3) is 0.538. The molecule has 2 saturated heterocycles. The number of aromatic nitrogens is 2. The molecule has 0 N–H and O–H groups in total. The predicted octanol–water partition coefficient (Wildman–Crippen LogP) is 0.533. The van der Waals surface area contributed by atoms with Gasteiger partial charge in [0.15, 0.2) is 0 Å². The van der Waals surface area contributed by atoms with Crippen molar-refractivity contribution < 1.29 is 14.3 Å². The average molecular weight is 276 g/mol. The van der Waals surface area contributed by atoms with Crippen LogP contribution in [0.15, 0.2) is 18.6 Å². The maximum absolute atomic E-state index is 12.2. The van der Waals surface area contributed by atoms with E-state index in [1.54, 1.807) is 16.0 Å². The first-order valence-electron chi connectivity index (χ1n) is 6.74. The first-order chi connectivity index (χ1) is 9.75. The minimum absolute atomic E-state index is 0.0967. The van der Waals surface area contributed by atoms with Crippen molar-refractivity contribution in [2.75, 3.05) is 26.2 Å². The Labute approximate surface area is 116 Å². The van der Waals surface area contributed by atoms with E-state index >= 15 is 0 Å².